The number of hydrogen-bond donors (Lipinski definition) is 4. The minimum Gasteiger partial charge on any atom is -0.384 e. The number of nitrogens with zero attached hydrogens (tertiary/aromatic N) is 3. The third-order valence-electron chi connectivity index (χ3n) is 6.74. The molecule has 1 amide bonds. The van der Waals surface area contributed by atoms with Crippen LogP contribution < -0.4 is 16.5 Å². The molecule has 192 valence electrons. The molecule has 3 heterocycles. The zero-order valence-corrected chi connectivity index (χ0v) is 21.5. The van der Waals surface area contributed by atoms with Gasteiger partial charge in [0.25, 0.3) is 0 Å². The fraction of sp³-hybridized carbons (Fsp3) is 0.321. The van der Waals surface area contributed by atoms with Crippen LogP contribution in [0.25, 0.3) is 33.7 Å². The smallest absolute Gasteiger partial charge is 0.224 e. The molecule has 9 nitrogen and oxygen atoms in total. The van der Waals surface area contributed by atoms with Crippen molar-refractivity contribution in [1.29, 1.82) is 5.41 Å². The Hall–Kier alpha value is -4.27. The number of amides is 1. The van der Waals surface area contributed by atoms with Crippen molar-refractivity contribution in [2.45, 2.75) is 46.6 Å². The van der Waals surface area contributed by atoms with Crippen LogP contribution in [0.3, 0.4) is 0 Å². The number of nitrogen functional groups attached to an aromatic ring is 1. The van der Waals surface area contributed by atoms with Crippen LogP contribution in [-0.2, 0) is 17.8 Å². The van der Waals surface area contributed by atoms with Crippen molar-refractivity contribution >= 4 is 28.5 Å². The number of benzene rings is 1. The molecule has 9 heteroatoms. The molecule has 5 N–H and O–H groups in total. The van der Waals surface area contributed by atoms with Crippen molar-refractivity contribution in [3.05, 3.63) is 64.6 Å². The van der Waals surface area contributed by atoms with Crippen LogP contribution in [0.2, 0.25) is 0 Å². The van der Waals surface area contributed by atoms with Crippen LogP contribution in [0.5, 0.6) is 0 Å². The Morgan fingerprint density at radius 2 is 1.95 bits per heavy atom. The monoisotopic (exact) mass is 499 g/mol. The number of rotatable bonds is 10. The van der Waals surface area contributed by atoms with Crippen molar-refractivity contribution in [3.8, 4) is 22.6 Å². The molecule has 4 aromatic rings. The second-order valence-electron chi connectivity index (χ2n) is 9.14. The Labute approximate surface area is 215 Å². The average molecular weight is 500 g/mol. The highest BCUT2D eigenvalue weighted by molar-refractivity contribution is 5.87. The Morgan fingerprint density at radius 1 is 1.19 bits per heavy atom. The van der Waals surface area contributed by atoms with Gasteiger partial charge in [0, 0.05) is 36.8 Å². The quantitative estimate of drug-likeness (QED) is 0.242. The van der Waals surface area contributed by atoms with Crippen LogP contribution in [0.1, 0.15) is 39.2 Å². The molecule has 1 unspecified atom stereocenters. The molecule has 0 saturated carbocycles. The van der Waals surface area contributed by atoms with Crippen molar-refractivity contribution < 1.29 is 4.79 Å². The average Bonchev–Trinajstić information content (AvgIpc) is 3.41. The summed E-state index contributed by atoms with van der Waals surface area (Å²) in [5.41, 5.74) is 10.2. The lowest BCUT2D eigenvalue weighted by atomic mass is 9.97. The molecule has 0 aliphatic carbocycles. The number of aromatic nitrogens is 4. The lowest BCUT2D eigenvalue weighted by Gasteiger charge is -2.15. The van der Waals surface area contributed by atoms with E-state index in [0.29, 0.717) is 52.7 Å². The zero-order valence-electron chi connectivity index (χ0n) is 21.5. The van der Waals surface area contributed by atoms with Gasteiger partial charge >= 0.3 is 0 Å². The van der Waals surface area contributed by atoms with Gasteiger partial charge in [-0.1, -0.05) is 31.2 Å². The van der Waals surface area contributed by atoms with Crippen LogP contribution in [-0.4, -0.2) is 37.7 Å². The Kier molecular flexibility index (Phi) is 7.81. The standard InChI is InChI=1S/C28H33N7O2/c1-4-19(17(3)29)12-13-31-23(36)16-18-6-8-20(9-7-18)22-11-10-21-25(37)24(27-32-14-15-33-27)26(30)35(5-2)28(21)34-22/h6-11,14-15,19,29H,4-5,12-13,16,30H2,1-3H3,(H,31,36)(H,32,33). The van der Waals surface area contributed by atoms with Gasteiger partial charge in [-0.25, -0.2) is 9.97 Å². The summed E-state index contributed by atoms with van der Waals surface area (Å²) in [5.74, 6) is 0.932. The summed E-state index contributed by atoms with van der Waals surface area (Å²) >= 11 is 0. The van der Waals surface area contributed by atoms with E-state index in [4.69, 9.17) is 16.1 Å². The Balaban J connectivity index is 1.53. The normalized spacial score (nSPS) is 12.0. The summed E-state index contributed by atoms with van der Waals surface area (Å²) in [5, 5.41) is 11.2. The van der Waals surface area contributed by atoms with Gasteiger partial charge in [0.2, 0.25) is 11.3 Å². The Bertz CT molecular complexity index is 1470. The highest BCUT2D eigenvalue weighted by Gasteiger charge is 2.19. The molecule has 4 rings (SSSR count). The lowest BCUT2D eigenvalue weighted by Crippen LogP contribution is -2.28. The molecule has 0 fully saturated rings. The summed E-state index contributed by atoms with van der Waals surface area (Å²) in [6.45, 7) is 6.94. The van der Waals surface area contributed by atoms with E-state index < -0.39 is 0 Å². The largest absolute Gasteiger partial charge is 0.384 e. The van der Waals surface area contributed by atoms with Crippen molar-refractivity contribution in [1.82, 2.24) is 24.8 Å². The molecule has 1 aromatic carbocycles. The zero-order chi connectivity index (χ0) is 26.5. The highest BCUT2D eigenvalue weighted by Crippen LogP contribution is 2.26. The molecule has 0 aliphatic rings. The van der Waals surface area contributed by atoms with Crippen molar-refractivity contribution in [2.24, 2.45) is 5.92 Å². The van der Waals surface area contributed by atoms with Gasteiger partial charge in [-0.05, 0) is 50.3 Å². The van der Waals surface area contributed by atoms with E-state index in [9.17, 15) is 9.59 Å². The van der Waals surface area contributed by atoms with E-state index in [2.05, 4.69) is 22.2 Å². The highest BCUT2D eigenvalue weighted by atomic mass is 16.1. The van der Waals surface area contributed by atoms with Gasteiger partial charge < -0.3 is 26.0 Å². The van der Waals surface area contributed by atoms with E-state index in [1.54, 1.807) is 18.5 Å². The van der Waals surface area contributed by atoms with E-state index in [-0.39, 0.29) is 23.7 Å². The minimum atomic E-state index is -0.214. The predicted molar refractivity (Wildman–Crippen MR) is 148 cm³/mol. The van der Waals surface area contributed by atoms with Crippen molar-refractivity contribution in [2.75, 3.05) is 12.3 Å². The van der Waals surface area contributed by atoms with Gasteiger partial charge in [0.1, 0.15) is 22.9 Å². The second-order valence-corrected chi connectivity index (χ2v) is 9.14. The van der Waals surface area contributed by atoms with Gasteiger partial charge in [-0.15, -0.1) is 0 Å². The molecule has 0 aliphatic heterocycles. The summed E-state index contributed by atoms with van der Waals surface area (Å²) in [6.07, 6.45) is 5.21. The number of carbonyl (C=O) groups excluding carboxylic acids is 1. The number of nitrogens with one attached hydrogen (secondary N) is 3. The molecule has 0 spiro atoms. The number of fused-ring (bicyclic) bond motifs is 1. The van der Waals surface area contributed by atoms with E-state index in [1.807, 2.05) is 48.7 Å². The fourth-order valence-electron chi connectivity index (χ4n) is 4.60. The fourth-order valence-corrected chi connectivity index (χ4v) is 4.60. The number of nitrogens with two attached hydrogens (primary N) is 1. The number of anilines is 1. The minimum absolute atomic E-state index is 0.0381. The molecule has 0 bridgehead atoms. The van der Waals surface area contributed by atoms with E-state index in [1.165, 1.54) is 0 Å². The third kappa shape index (κ3) is 5.45. The molecule has 37 heavy (non-hydrogen) atoms. The van der Waals surface area contributed by atoms with E-state index in [0.717, 1.165) is 24.0 Å². The SMILES string of the molecule is CCC(CCNC(=O)Cc1ccc(-c2ccc3c(=O)c(-c4ncc[nH]4)c(N)n(CC)c3n2)cc1)C(C)=N. The van der Waals surface area contributed by atoms with Gasteiger partial charge in [-0.2, -0.15) is 0 Å². The van der Waals surface area contributed by atoms with Crippen molar-refractivity contribution in [3.63, 3.8) is 0 Å². The first kappa shape index (κ1) is 25.8. The van der Waals surface area contributed by atoms with Gasteiger partial charge in [-0.3, -0.25) is 9.59 Å². The van der Waals surface area contributed by atoms with Crippen LogP contribution >= 0.6 is 0 Å². The van der Waals surface area contributed by atoms with E-state index >= 15 is 0 Å². The molecular weight excluding hydrogens is 466 g/mol. The third-order valence-corrected chi connectivity index (χ3v) is 6.74. The van der Waals surface area contributed by atoms with Crippen LogP contribution in [0.15, 0.2) is 53.6 Å². The first-order valence-corrected chi connectivity index (χ1v) is 12.6. The Morgan fingerprint density at radius 3 is 2.57 bits per heavy atom. The van der Waals surface area contributed by atoms with Crippen LogP contribution in [0.4, 0.5) is 5.82 Å². The lowest BCUT2D eigenvalue weighted by molar-refractivity contribution is -0.120. The molecular formula is C28H33N7O2. The number of carbonyl (C=O) groups is 1. The van der Waals surface area contributed by atoms with Gasteiger partial charge in [0.15, 0.2) is 0 Å². The second kappa shape index (κ2) is 11.2. The van der Waals surface area contributed by atoms with Crippen LogP contribution in [0, 0.1) is 11.3 Å². The summed E-state index contributed by atoms with van der Waals surface area (Å²) in [4.78, 5) is 37.6. The maximum atomic E-state index is 13.2. The number of H-pyrrole nitrogens is 1. The number of aryl methyl sites for hydroxylation is 1. The van der Waals surface area contributed by atoms with Gasteiger partial charge in [0.05, 0.1) is 17.5 Å². The maximum absolute atomic E-state index is 13.2. The maximum Gasteiger partial charge on any atom is 0.224 e. The molecule has 3 aromatic heterocycles. The first-order valence-electron chi connectivity index (χ1n) is 12.6. The number of pyridine rings is 2. The summed E-state index contributed by atoms with van der Waals surface area (Å²) in [7, 11) is 0. The summed E-state index contributed by atoms with van der Waals surface area (Å²) in [6, 6.07) is 11.3. The summed E-state index contributed by atoms with van der Waals surface area (Å²) < 4.78 is 1.82. The number of aromatic amines is 1. The number of hydrogen-bond acceptors (Lipinski definition) is 6. The predicted octanol–water partition coefficient (Wildman–Crippen LogP) is 4.17. The number of imidazole rings is 1. The topological polar surface area (TPSA) is 143 Å². The molecule has 0 radical (unpaired) electrons. The molecule has 1 atom stereocenters. The first-order chi connectivity index (χ1) is 17.8. The molecule has 0 saturated heterocycles.